The summed E-state index contributed by atoms with van der Waals surface area (Å²) < 4.78 is 63.2. The van der Waals surface area contributed by atoms with Gasteiger partial charge in [-0.05, 0) is 90.8 Å². The highest BCUT2D eigenvalue weighted by molar-refractivity contribution is 5.69. The number of benzene rings is 2. The van der Waals surface area contributed by atoms with Crippen molar-refractivity contribution in [3.8, 4) is 11.5 Å². The van der Waals surface area contributed by atoms with Gasteiger partial charge < -0.3 is 15.3 Å². The van der Waals surface area contributed by atoms with Gasteiger partial charge in [-0.1, -0.05) is 63.6 Å². The molecule has 0 fully saturated rings. The number of hydrogen-bond acceptors (Lipinski definition) is 3. The third kappa shape index (κ3) is 8.58. The second-order valence-corrected chi connectivity index (χ2v) is 11.7. The zero-order valence-electron chi connectivity index (χ0n) is 23.5. The molecule has 2 aromatic rings. The Hall–Kier alpha value is -2.84. The van der Waals surface area contributed by atoms with Crippen LogP contribution in [0.4, 0.5) is 22.0 Å². The number of hydrogen-bond donors (Lipinski definition) is 3. The summed E-state index contributed by atoms with van der Waals surface area (Å²) in [5.41, 5.74) is 3.47. The van der Waals surface area contributed by atoms with Gasteiger partial charge in [-0.15, -0.1) is 0 Å². The van der Waals surface area contributed by atoms with Crippen molar-refractivity contribution in [1.29, 1.82) is 0 Å². The molecule has 0 spiro atoms. The summed E-state index contributed by atoms with van der Waals surface area (Å²) in [6, 6.07) is 13.0. The predicted octanol–water partition coefficient (Wildman–Crippen LogP) is 9.28. The lowest BCUT2D eigenvalue weighted by molar-refractivity contribution is -0.284. The summed E-state index contributed by atoms with van der Waals surface area (Å²) in [6.07, 6.45) is 0.525. The summed E-state index contributed by atoms with van der Waals surface area (Å²) in [6.45, 7) is 2.27. The minimum Gasteiger partial charge on any atom is -0.508 e. The molecule has 0 bridgehead atoms. The molecule has 4 nitrogen and oxygen atoms in total. The fourth-order valence-electron chi connectivity index (χ4n) is 6.27. The number of carboxylic acid groups (broad SMARTS) is 1. The second kappa shape index (κ2) is 13.9. The van der Waals surface area contributed by atoms with Crippen LogP contribution < -0.4 is 0 Å². The number of aromatic hydroxyl groups is 2. The molecule has 0 saturated carbocycles. The lowest BCUT2D eigenvalue weighted by Crippen LogP contribution is -2.36. The van der Waals surface area contributed by atoms with Crippen molar-refractivity contribution in [2.45, 2.75) is 114 Å². The van der Waals surface area contributed by atoms with Crippen LogP contribution in [0.2, 0.25) is 0 Å². The molecular weight excluding hydrogens is 543 g/mol. The Balaban J connectivity index is 1.45. The molecule has 1 aliphatic rings. The summed E-state index contributed by atoms with van der Waals surface area (Å²) in [7, 11) is 0. The molecule has 1 aliphatic carbocycles. The molecule has 9 heteroatoms. The number of rotatable bonds is 15. The Morgan fingerprint density at radius 2 is 1.46 bits per heavy atom. The van der Waals surface area contributed by atoms with Crippen LogP contribution in [0.5, 0.6) is 11.5 Å². The predicted molar refractivity (Wildman–Crippen MR) is 148 cm³/mol. The second-order valence-electron chi connectivity index (χ2n) is 11.7. The van der Waals surface area contributed by atoms with Gasteiger partial charge in [0.15, 0.2) is 0 Å². The smallest absolute Gasteiger partial charge is 0.453 e. The zero-order chi connectivity index (χ0) is 30.3. The SMILES string of the molecule is CC1(c2ccc(O)cc2)CCc2cc(O)ccc2C1CCCCCCCCC(CCCC(F)(F)C(F)(F)F)C(=O)O. The summed E-state index contributed by atoms with van der Waals surface area (Å²) >= 11 is 0. The molecule has 0 aromatic heterocycles. The molecule has 0 radical (unpaired) electrons. The fraction of sp³-hybridized carbons (Fsp3) is 0.594. The van der Waals surface area contributed by atoms with E-state index in [0.29, 0.717) is 6.42 Å². The van der Waals surface area contributed by atoms with Gasteiger partial charge in [0.2, 0.25) is 0 Å². The quantitative estimate of drug-likeness (QED) is 0.144. The fourth-order valence-corrected chi connectivity index (χ4v) is 6.27. The first-order valence-electron chi connectivity index (χ1n) is 14.5. The van der Waals surface area contributed by atoms with Crippen molar-refractivity contribution < 1.29 is 42.1 Å². The van der Waals surface area contributed by atoms with Crippen molar-refractivity contribution in [1.82, 2.24) is 0 Å². The number of aliphatic carboxylic acids is 1. The minimum absolute atomic E-state index is 0.117. The Morgan fingerprint density at radius 1 is 0.878 bits per heavy atom. The molecule has 3 unspecified atom stereocenters. The number of halogens is 5. The third-order valence-electron chi connectivity index (χ3n) is 8.81. The van der Waals surface area contributed by atoms with Gasteiger partial charge in [-0.3, -0.25) is 4.79 Å². The monoisotopic (exact) mass is 584 g/mol. The summed E-state index contributed by atoms with van der Waals surface area (Å²) in [4.78, 5) is 11.4. The highest BCUT2D eigenvalue weighted by Gasteiger charge is 2.56. The normalized spacial score (nSPS) is 20.0. The van der Waals surface area contributed by atoms with Crippen molar-refractivity contribution >= 4 is 5.97 Å². The number of aryl methyl sites for hydroxylation is 1. The number of phenols is 2. The summed E-state index contributed by atoms with van der Waals surface area (Å²) in [5, 5.41) is 29.1. The molecule has 2 aromatic carbocycles. The van der Waals surface area contributed by atoms with Gasteiger partial charge in [-0.25, -0.2) is 0 Å². The van der Waals surface area contributed by atoms with E-state index in [1.807, 2.05) is 24.3 Å². The number of unbranched alkanes of at least 4 members (excludes halogenated alkanes) is 5. The Morgan fingerprint density at radius 3 is 2.10 bits per heavy atom. The lowest BCUT2D eigenvalue weighted by Gasteiger charge is -2.43. The average molecular weight is 585 g/mol. The minimum atomic E-state index is -5.61. The number of fused-ring (bicyclic) bond motifs is 1. The number of alkyl halides is 5. The maximum absolute atomic E-state index is 13.1. The van der Waals surface area contributed by atoms with Gasteiger partial charge in [0.1, 0.15) is 11.5 Å². The summed E-state index contributed by atoms with van der Waals surface area (Å²) in [5.74, 6) is -6.12. The van der Waals surface area contributed by atoms with Gasteiger partial charge in [0.05, 0.1) is 5.92 Å². The highest BCUT2D eigenvalue weighted by Crippen LogP contribution is 2.50. The maximum Gasteiger partial charge on any atom is 0.453 e. The van der Waals surface area contributed by atoms with Crippen LogP contribution in [0.3, 0.4) is 0 Å². The first kappa shape index (κ1) is 32.7. The van der Waals surface area contributed by atoms with E-state index in [1.165, 1.54) is 16.7 Å². The van der Waals surface area contributed by atoms with Gasteiger partial charge in [0.25, 0.3) is 0 Å². The van der Waals surface area contributed by atoms with Crippen LogP contribution >= 0.6 is 0 Å². The molecule has 0 aliphatic heterocycles. The Kier molecular flexibility index (Phi) is 11.1. The molecule has 0 saturated heterocycles. The van der Waals surface area contributed by atoms with Crippen molar-refractivity contribution in [3.05, 3.63) is 59.2 Å². The average Bonchev–Trinajstić information content (AvgIpc) is 2.89. The van der Waals surface area contributed by atoms with Crippen molar-refractivity contribution in [3.63, 3.8) is 0 Å². The van der Waals surface area contributed by atoms with Crippen LogP contribution in [0, 0.1) is 5.92 Å². The van der Waals surface area contributed by atoms with Crippen LogP contribution in [0.15, 0.2) is 42.5 Å². The standard InChI is InChI=1S/C32H41F5O4/c1-30(24-12-14-25(38)15-13-24)20-18-23-21-26(39)16-17-27(23)28(30)11-7-5-3-2-4-6-9-22(29(40)41)10-8-19-31(33,34)32(35,36)37/h12-17,21-22,28,38-39H,2-11,18-20H2,1H3,(H,40,41). The Labute approximate surface area is 238 Å². The van der Waals surface area contributed by atoms with Crippen molar-refractivity contribution in [2.24, 2.45) is 5.92 Å². The van der Waals surface area contributed by atoms with E-state index < -0.39 is 36.8 Å². The van der Waals surface area contributed by atoms with Gasteiger partial charge in [0, 0.05) is 6.42 Å². The third-order valence-corrected chi connectivity index (χ3v) is 8.81. The zero-order valence-corrected chi connectivity index (χ0v) is 23.5. The van der Waals surface area contributed by atoms with Crippen LogP contribution in [0.1, 0.15) is 107 Å². The van der Waals surface area contributed by atoms with E-state index >= 15 is 0 Å². The molecule has 228 valence electrons. The maximum atomic E-state index is 13.1. The molecule has 0 amide bonds. The molecule has 0 heterocycles. The molecule has 3 atom stereocenters. The van der Waals surface area contributed by atoms with E-state index in [1.54, 1.807) is 18.2 Å². The van der Waals surface area contributed by atoms with E-state index in [4.69, 9.17) is 0 Å². The molecular formula is C32H41F5O4. The van der Waals surface area contributed by atoms with E-state index in [2.05, 4.69) is 6.92 Å². The van der Waals surface area contributed by atoms with E-state index in [-0.39, 0.29) is 35.7 Å². The largest absolute Gasteiger partial charge is 0.508 e. The van der Waals surface area contributed by atoms with Gasteiger partial charge >= 0.3 is 18.1 Å². The Bertz CT molecular complexity index is 1130. The topological polar surface area (TPSA) is 77.8 Å². The molecule has 3 rings (SSSR count). The van der Waals surface area contributed by atoms with E-state index in [0.717, 1.165) is 51.4 Å². The van der Waals surface area contributed by atoms with Crippen molar-refractivity contribution in [2.75, 3.05) is 0 Å². The van der Waals surface area contributed by atoms with Crippen LogP contribution in [0.25, 0.3) is 0 Å². The first-order valence-corrected chi connectivity index (χ1v) is 14.5. The lowest BCUT2D eigenvalue weighted by atomic mass is 9.60. The molecule has 3 N–H and O–H groups in total. The van der Waals surface area contributed by atoms with Gasteiger partial charge in [-0.2, -0.15) is 22.0 Å². The number of carboxylic acids is 1. The number of phenolic OH excluding ortho intramolecular Hbond substituents is 2. The molecule has 41 heavy (non-hydrogen) atoms. The first-order chi connectivity index (χ1) is 19.2. The highest BCUT2D eigenvalue weighted by atomic mass is 19.4. The number of carbonyl (C=O) groups is 1. The van der Waals surface area contributed by atoms with Crippen LogP contribution in [-0.2, 0) is 16.6 Å². The van der Waals surface area contributed by atoms with Crippen LogP contribution in [-0.4, -0.2) is 33.4 Å². The van der Waals surface area contributed by atoms with E-state index in [9.17, 15) is 42.1 Å².